The van der Waals surface area contributed by atoms with Gasteiger partial charge < -0.3 is 20.5 Å². The Balaban J connectivity index is 0.000000415. The molecule has 0 aliphatic rings. The van der Waals surface area contributed by atoms with Crippen molar-refractivity contribution < 1.29 is 23.9 Å². The van der Waals surface area contributed by atoms with Gasteiger partial charge in [-0.05, 0) is 83.5 Å². The van der Waals surface area contributed by atoms with Crippen LogP contribution >= 0.6 is 31.9 Å². The average molecular weight is 657 g/mol. The van der Waals surface area contributed by atoms with Crippen LogP contribution in [0.3, 0.4) is 0 Å². The molecule has 8 nitrogen and oxygen atoms in total. The molecule has 38 heavy (non-hydrogen) atoms. The van der Waals surface area contributed by atoms with E-state index in [4.69, 9.17) is 15.2 Å². The molecule has 2 atom stereocenters. The van der Waals surface area contributed by atoms with Gasteiger partial charge in [-0.15, -0.1) is 0 Å². The summed E-state index contributed by atoms with van der Waals surface area (Å²) < 4.78 is 12.2. The molecular formula is C28H39Br2N3O5. The van der Waals surface area contributed by atoms with E-state index in [0.717, 1.165) is 20.1 Å². The van der Waals surface area contributed by atoms with E-state index in [2.05, 4.69) is 37.2 Å². The number of nitrogens with two attached hydrogens (primary N) is 1. The number of esters is 1. The second-order valence-electron chi connectivity index (χ2n) is 10.4. The molecular weight excluding hydrogens is 618 g/mol. The van der Waals surface area contributed by atoms with Crippen LogP contribution in [0.1, 0.15) is 45.7 Å². The summed E-state index contributed by atoms with van der Waals surface area (Å²) in [5, 5.41) is 2.96. The second kappa shape index (κ2) is 14.1. The maximum Gasteiger partial charge on any atom is 0.410 e. The molecule has 210 valence electrons. The van der Waals surface area contributed by atoms with Gasteiger partial charge in [-0.25, -0.2) is 9.59 Å². The van der Waals surface area contributed by atoms with Crippen molar-refractivity contribution >= 4 is 49.8 Å². The molecule has 2 aromatic carbocycles. The summed E-state index contributed by atoms with van der Waals surface area (Å²) in [6, 6.07) is 15.4. The van der Waals surface area contributed by atoms with Crippen LogP contribution in [0.5, 0.6) is 0 Å². The molecule has 10 heteroatoms. The minimum absolute atomic E-state index is 0.314. The molecule has 2 amide bonds. The fourth-order valence-electron chi connectivity index (χ4n) is 3.48. The molecule has 0 radical (unpaired) electrons. The number of ether oxygens (including phenoxy) is 2. The third-order valence-electron chi connectivity index (χ3n) is 6.01. The quantitative estimate of drug-likeness (QED) is 0.376. The zero-order valence-electron chi connectivity index (χ0n) is 23.4. The molecule has 0 aliphatic heterocycles. The summed E-state index contributed by atoms with van der Waals surface area (Å²) in [6.07, 6.45) is 0.327. The number of methoxy groups -OCH3 is 1. The molecule has 0 heterocycles. The summed E-state index contributed by atoms with van der Waals surface area (Å²) >= 11 is 6.80. The number of nitrogens with zero attached hydrogens (tertiary/aromatic N) is 1. The Morgan fingerprint density at radius 2 is 1.39 bits per heavy atom. The van der Waals surface area contributed by atoms with Crippen LogP contribution in [0, 0.1) is 0 Å². The van der Waals surface area contributed by atoms with Gasteiger partial charge in [-0.1, -0.05) is 56.1 Å². The first-order valence-corrected chi connectivity index (χ1v) is 13.6. The highest BCUT2D eigenvalue weighted by atomic mass is 79.9. The maximum absolute atomic E-state index is 12.4. The van der Waals surface area contributed by atoms with E-state index in [-0.39, 0.29) is 5.91 Å². The number of primary amides is 1. The Kier molecular flexibility index (Phi) is 12.5. The number of rotatable bonds is 8. The average Bonchev–Trinajstić information content (AvgIpc) is 2.82. The van der Waals surface area contributed by atoms with Gasteiger partial charge in [0.05, 0.1) is 12.6 Å². The SMILES string of the molecule is CNC(C)(Cc1cccc(Br)c1)C(N)=O.COC(=O)C(C)(Cc1cccc(Br)c1)N(C)C(=O)OC(C)(C)C. The van der Waals surface area contributed by atoms with E-state index in [9.17, 15) is 14.4 Å². The molecule has 0 saturated carbocycles. The lowest BCUT2D eigenvalue weighted by molar-refractivity contribution is -0.153. The number of carbonyl (C=O) groups is 3. The number of halogens is 2. The van der Waals surface area contributed by atoms with Crippen LogP contribution in [0.2, 0.25) is 0 Å². The predicted octanol–water partition coefficient (Wildman–Crippen LogP) is 5.25. The Morgan fingerprint density at radius 3 is 1.76 bits per heavy atom. The molecule has 3 N–H and O–H groups in total. The Bertz CT molecular complexity index is 1120. The lowest BCUT2D eigenvalue weighted by atomic mass is 9.91. The van der Waals surface area contributed by atoms with Crippen LogP contribution < -0.4 is 11.1 Å². The molecule has 0 spiro atoms. The summed E-state index contributed by atoms with van der Waals surface area (Å²) in [5.41, 5.74) is 4.83. The van der Waals surface area contributed by atoms with Gasteiger partial charge in [-0.3, -0.25) is 9.69 Å². The van der Waals surface area contributed by atoms with Crippen LogP contribution in [0.25, 0.3) is 0 Å². The van der Waals surface area contributed by atoms with Crippen molar-refractivity contribution in [2.24, 2.45) is 5.73 Å². The number of amides is 2. The highest BCUT2D eigenvalue weighted by molar-refractivity contribution is 9.10. The number of benzene rings is 2. The molecule has 2 rings (SSSR count). The van der Waals surface area contributed by atoms with Crippen LogP contribution in [-0.2, 0) is 31.9 Å². The molecule has 0 aromatic heterocycles. The summed E-state index contributed by atoms with van der Waals surface area (Å²) in [4.78, 5) is 37.3. The van der Waals surface area contributed by atoms with Crippen molar-refractivity contribution in [3.05, 3.63) is 68.6 Å². The topological polar surface area (TPSA) is 111 Å². The van der Waals surface area contributed by atoms with E-state index in [1.165, 1.54) is 12.0 Å². The molecule has 0 saturated heterocycles. The Hall–Kier alpha value is -2.43. The van der Waals surface area contributed by atoms with Gasteiger partial charge in [0.25, 0.3) is 0 Å². The third-order valence-corrected chi connectivity index (χ3v) is 7.00. The number of hydrogen-bond acceptors (Lipinski definition) is 6. The van der Waals surface area contributed by atoms with E-state index >= 15 is 0 Å². The van der Waals surface area contributed by atoms with Crippen molar-refractivity contribution in [1.82, 2.24) is 10.2 Å². The number of nitrogens with one attached hydrogen (secondary N) is 1. The fraction of sp³-hybridized carbons (Fsp3) is 0.464. The van der Waals surface area contributed by atoms with Crippen molar-refractivity contribution in [3.8, 4) is 0 Å². The smallest absolute Gasteiger partial charge is 0.410 e. The fourth-order valence-corrected chi connectivity index (χ4v) is 4.37. The van der Waals surface area contributed by atoms with E-state index in [1.54, 1.807) is 48.7 Å². The minimum Gasteiger partial charge on any atom is -0.467 e. The zero-order chi connectivity index (χ0) is 29.3. The standard InChI is InChI=1S/C17H24BrNO4.C11H15BrN2O/c1-16(2,3)23-15(21)19(5)17(4,14(20)22-6)11-12-8-7-9-13(18)10-12;1-11(14-2,10(13)15)7-8-4-3-5-9(12)6-8/h7-10H,11H2,1-6H3;3-6,14H,7H2,1-2H3,(H2,13,15). The molecule has 2 unspecified atom stereocenters. The summed E-state index contributed by atoms with van der Waals surface area (Å²) in [7, 11) is 4.59. The van der Waals surface area contributed by atoms with Gasteiger partial charge in [0.1, 0.15) is 11.1 Å². The third kappa shape index (κ3) is 10.0. The molecule has 2 aromatic rings. The zero-order valence-corrected chi connectivity index (χ0v) is 26.5. The van der Waals surface area contributed by atoms with Crippen molar-refractivity contribution in [2.75, 3.05) is 21.2 Å². The first-order chi connectivity index (χ1) is 17.5. The largest absolute Gasteiger partial charge is 0.467 e. The van der Waals surface area contributed by atoms with E-state index < -0.39 is 28.7 Å². The maximum atomic E-state index is 12.4. The predicted molar refractivity (Wildman–Crippen MR) is 157 cm³/mol. The number of likely N-dealkylation sites (N-methyl/N-ethyl adjacent to an activating group) is 2. The normalized spacial score (nSPS) is 14.2. The minimum atomic E-state index is -1.17. The lowest BCUT2D eigenvalue weighted by Crippen LogP contribution is -2.56. The highest BCUT2D eigenvalue weighted by Gasteiger charge is 2.43. The van der Waals surface area contributed by atoms with E-state index in [0.29, 0.717) is 12.8 Å². The highest BCUT2D eigenvalue weighted by Crippen LogP contribution is 2.25. The number of carbonyl (C=O) groups excluding carboxylic acids is 3. The number of hydrogen-bond donors (Lipinski definition) is 2. The Labute approximate surface area is 242 Å². The monoisotopic (exact) mass is 655 g/mol. The van der Waals surface area contributed by atoms with Crippen molar-refractivity contribution in [3.63, 3.8) is 0 Å². The van der Waals surface area contributed by atoms with Crippen LogP contribution in [-0.4, -0.2) is 60.8 Å². The van der Waals surface area contributed by atoms with Gasteiger partial charge in [0.15, 0.2) is 0 Å². The molecule has 0 bridgehead atoms. The van der Waals surface area contributed by atoms with Crippen LogP contribution in [0.15, 0.2) is 57.5 Å². The van der Waals surface area contributed by atoms with Gasteiger partial charge >= 0.3 is 12.1 Å². The van der Waals surface area contributed by atoms with Crippen LogP contribution in [0.4, 0.5) is 4.79 Å². The lowest BCUT2D eigenvalue weighted by Gasteiger charge is -2.37. The second-order valence-corrected chi connectivity index (χ2v) is 12.2. The molecule has 0 aliphatic carbocycles. The first kappa shape index (κ1) is 33.6. The summed E-state index contributed by atoms with van der Waals surface area (Å²) in [6.45, 7) is 8.81. The van der Waals surface area contributed by atoms with Gasteiger partial charge in [-0.2, -0.15) is 0 Å². The van der Waals surface area contributed by atoms with E-state index in [1.807, 2.05) is 48.5 Å². The Morgan fingerprint density at radius 1 is 0.921 bits per heavy atom. The molecule has 0 fully saturated rings. The van der Waals surface area contributed by atoms with Crippen molar-refractivity contribution in [2.45, 2.75) is 64.1 Å². The first-order valence-electron chi connectivity index (χ1n) is 12.0. The van der Waals surface area contributed by atoms with Gasteiger partial charge in [0.2, 0.25) is 5.91 Å². The van der Waals surface area contributed by atoms with Crippen molar-refractivity contribution in [1.29, 1.82) is 0 Å². The van der Waals surface area contributed by atoms with Gasteiger partial charge in [0, 0.05) is 22.4 Å². The summed E-state index contributed by atoms with van der Waals surface area (Å²) in [5.74, 6) is -0.837.